The van der Waals surface area contributed by atoms with Crippen LogP contribution in [-0.2, 0) is 4.74 Å². The summed E-state index contributed by atoms with van der Waals surface area (Å²) in [5.41, 5.74) is 0.222. The summed E-state index contributed by atoms with van der Waals surface area (Å²) in [6.07, 6.45) is 10.6. The van der Waals surface area contributed by atoms with Crippen LogP contribution in [-0.4, -0.2) is 47.9 Å². The van der Waals surface area contributed by atoms with Crippen LogP contribution >= 0.6 is 0 Å². The first-order valence-corrected chi connectivity index (χ1v) is 10.1. The van der Waals surface area contributed by atoms with Gasteiger partial charge in [0.2, 0.25) is 0 Å². The first kappa shape index (κ1) is 31.0. The highest BCUT2D eigenvalue weighted by Gasteiger charge is 2.29. The third-order valence-electron chi connectivity index (χ3n) is 3.67. The minimum atomic E-state index is -0.522. The second-order valence-electron chi connectivity index (χ2n) is 8.93. The molecule has 0 fully saturated rings. The van der Waals surface area contributed by atoms with Crippen molar-refractivity contribution < 1.29 is 14.6 Å². The Morgan fingerprint density at radius 1 is 1.14 bits per heavy atom. The minimum Gasteiger partial charge on any atom is -0.444 e. The molecule has 0 rings (SSSR count). The van der Waals surface area contributed by atoms with Crippen molar-refractivity contribution in [3.8, 4) is 12.8 Å². The van der Waals surface area contributed by atoms with Gasteiger partial charge in [0.15, 0.2) is 0 Å². The third-order valence-corrected chi connectivity index (χ3v) is 3.67. The Morgan fingerprint density at radius 2 is 1.61 bits per heavy atom. The fourth-order valence-corrected chi connectivity index (χ4v) is 2.09. The second kappa shape index (κ2) is 15.3. The molecule has 1 atom stereocenters. The molecule has 0 aliphatic heterocycles. The Labute approximate surface area is 174 Å². The number of aliphatic hydroxyl groups excluding tert-OH is 1. The van der Waals surface area contributed by atoms with Gasteiger partial charge in [-0.1, -0.05) is 54.5 Å². The molecule has 0 aromatic carbocycles. The number of allylic oxidation sites excluding steroid dienone is 1. The Morgan fingerprint density at radius 3 is 1.93 bits per heavy atom. The summed E-state index contributed by atoms with van der Waals surface area (Å²) < 4.78 is 5.38. The Hall–Kier alpha value is -1.67. The SMILES string of the molecule is C#C.CC.CC(C)C/C=C(/CO)N(C)CC(NC(=O)OC(C)(C)C)C(C)(C)C. The molecule has 5 heteroatoms. The predicted octanol–water partition coefficient (Wildman–Crippen LogP) is 5.06. The molecule has 1 amide bonds. The van der Waals surface area contributed by atoms with Gasteiger partial charge in [0.05, 0.1) is 12.6 Å². The lowest BCUT2D eigenvalue weighted by atomic mass is 9.86. The zero-order valence-electron chi connectivity index (χ0n) is 20.2. The topological polar surface area (TPSA) is 61.8 Å². The zero-order chi connectivity index (χ0) is 23.1. The molecule has 0 aliphatic rings. The number of alkyl carbamates (subject to hydrolysis) is 1. The van der Waals surface area contributed by atoms with E-state index in [1.54, 1.807) is 0 Å². The number of likely N-dealkylation sites (N-methyl/N-ethyl adjacent to an activating group) is 1. The van der Waals surface area contributed by atoms with Crippen LogP contribution in [0.15, 0.2) is 11.8 Å². The van der Waals surface area contributed by atoms with E-state index in [1.807, 2.05) is 46.6 Å². The van der Waals surface area contributed by atoms with Gasteiger partial charge in [-0.15, -0.1) is 12.8 Å². The zero-order valence-corrected chi connectivity index (χ0v) is 20.2. The number of hydrogen-bond donors (Lipinski definition) is 2. The third kappa shape index (κ3) is 16.5. The molecule has 0 saturated carbocycles. The van der Waals surface area contributed by atoms with Crippen molar-refractivity contribution in [2.24, 2.45) is 11.3 Å². The fraction of sp³-hybridized carbons (Fsp3) is 0.783. The molecule has 0 saturated heterocycles. The quantitative estimate of drug-likeness (QED) is 0.589. The summed E-state index contributed by atoms with van der Waals surface area (Å²) in [6, 6.07) is -0.105. The number of carbonyl (C=O) groups excluding carboxylic acids is 1. The number of aliphatic hydroxyl groups is 1. The number of hydrogen-bond acceptors (Lipinski definition) is 4. The van der Waals surface area contributed by atoms with Crippen LogP contribution in [0.3, 0.4) is 0 Å². The van der Waals surface area contributed by atoms with Gasteiger partial charge in [-0.3, -0.25) is 0 Å². The van der Waals surface area contributed by atoms with E-state index in [4.69, 9.17) is 4.74 Å². The largest absolute Gasteiger partial charge is 0.444 e. The summed E-state index contributed by atoms with van der Waals surface area (Å²) >= 11 is 0. The molecule has 28 heavy (non-hydrogen) atoms. The maximum Gasteiger partial charge on any atom is 0.407 e. The smallest absolute Gasteiger partial charge is 0.407 e. The van der Waals surface area contributed by atoms with Crippen molar-refractivity contribution in [2.75, 3.05) is 20.2 Å². The van der Waals surface area contributed by atoms with E-state index >= 15 is 0 Å². The summed E-state index contributed by atoms with van der Waals surface area (Å²) in [6.45, 7) is 20.7. The molecule has 0 aromatic rings. The molecule has 1 unspecified atom stereocenters. The normalized spacial score (nSPS) is 12.8. The molecule has 166 valence electrons. The number of terminal acetylenes is 1. The number of rotatable bonds is 7. The van der Waals surface area contributed by atoms with Crippen molar-refractivity contribution in [1.29, 1.82) is 0 Å². The molecular formula is C23H46N2O3. The summed E-state index contributed by atoms with van der Waals surface area (Å²) in [5, 5.41) is 12.6. The summed E-state index contributed by atoms with van der Waals surface area (Å²) in [4.78, 5) is 14.1. The molecule has 0 aromatic heterocycles. The molecular weight excluding hydrogens is 352 g/mol. The molecule has 5 nitrogen and oxygen atoms in total. The second-order valence-corrected chi connectivity index (χ2v) is 8.93. The number of ether oxygens (including phenoxy) is 1. The van der Waals surface area contributed by atoms with Gasteiger partial charge in [0.1, 0.15) is 5.60 Å². The van der Waals surface area contributed by atoms with Gasteiger partial charge in [-0.25, -0.2) is 4.79 Å². The average molecular weight is 399 g/mol. The van der Waals surface area contributed by atoms with E-state index in [0.29, 0.717) is 12.5 Å². The van der Waals surface area contributed by atoms with E-state index in [0.717, 1.165) is 12.1 Å². The molecule has 2 N–H and O–H groups in total. The van der Waals surface area contributed by atoms with E-state index in [1.165, 1.54) is 0 Å². The van der Waals surface area contributed by atoms with E-state index in [9.17, 15) is 9.90 Å². The average Bonchev–Trinajstić information content (AvgIpc) is 2.55. The Balaban J connectivity index is -0.00000146. The monoisotopic (exact) mass is 398 g/mol. The van der Waals surface area contributed by atoms with Gasteiger partial charge < -0.3 is 20.1 Å². The lowest BCUT2D eigenvalue weighted by Gasteiger charge is -2.36. The molecule has 0 radical (unpaired) electrons. The van der Waals surface area contributed by atoms with Crippen LogP contribution < -0.4 is 5.32 Å². The van der Waals surface area contributed by atoms with Gasteiger partial charge in [0, 0.05) is 19.3 Å². The van der Waals surface area contributed by atoms with Crippen LogP contribution in [0.5, 0.6) is 0 Å². The van der Waals surface area contributed by atoms with Crippen molar-refractivity contribution in [1.82, 2.24) is 10.2 Å². The van der Waals surface area contributed by atoms with Crippen LogP contribution in [0.4, 0.5) is 4.79 Å². The molecule has 0 bridgehead atoms. The number of carbonyl (C=O) groups is 1. The standard InChI is InChI=1S/C19H38N2O3.C2H6.C2H2/c1-14(2)10-11-15(13-22)21(9)12-16(18(3,4)5)20-17(23)24-19(6,7)8;2*1-2/h11,14,16,22H,10,12-13H2,1-9H3,(H,20,23);1-2H3;1-2H/b15-11-;;. The van der Waals surface area contributed by atoms with Crippen LogP contribution in [0.25, 0.3) is 0 Å². The fourth-order valence-electron chi connectivity index (χ4n) is 2.09. The van der Waals surface area contributed by atoms with Gasteiger partial charge in [0.25, 0.3) is 0 Å². The van der Waals surface area contributed by atoms with Crippen molar-refractivity contribution in [3.05, 3.63) is 11.8 Å². The van der Waals surface area contributed by atoms with E-state index in [-0.39, 0.29) is 18.1 Å². The van der Waals surface area contributed by atoms with Crippen molar-refractivity contribution >= 4 is 6.09 Å². The summed E-state index contributed by atoms with van der Waals surface area (Å²) in [7, 11) is 1.94. The predicted molar refractivity (Wildman–Crippen MR) is 121 cm³/mol. The van der Waals surface area contributed by atoms with E-state index in [2.05, 4.69) is 58.9 Å². The minimum absolute atomic E-state index is 0.00742. The Kier molecular flexibility index (Phi) is 16.9. The maximum absolute atomic E-state index is 12.1. The molecule has 0 heterocycles. The highest BCUT2D eigenvalue weighted by atomic mass is 16.6. The maximum atomic E-state index is 12.1. The number of nitrogens with zero attached hydrogens (tertiary/aromatic N) is 1. The first-order chi connectivity index (χ1) is 12.8. The highest BCUT2D eigenvalue weighted by Crippen LogP contribution is 2.22. The van der Waals surface area contributed by atoms with E-state index < -0.39 is 11.7 Å². The number of amides is 1. The van der Waals surface area contributed by atoms with Crippen LogP contribution in [0.1, 0.15) is 75.7 Å². The van der Waals surface area contributed by atoms with Crippen LogP contribution in [0.2, 0.25) is 0 Å². The van der Waals surface area contributed by atoms with Crippen molar-refractivity contribution in [3.63, 3.8) is 0 Å². The Bertz CT molecular complexity index is 455. The molecule has 0 spiro atoms. The molecule has 0 aliphatic carbocycles. The lowest BCUT2D eigenvalue weighted by Crippen LogP contribution is -2.51. The summed E-state index contributed by atoms with van der Waals surface area (Å²) in [5.74, 6) is 0.540. The van der Waals surface area contributed by atoms with Gasteiger partial charge in [-0.2, -0.15) is 0 Å². The first-order valence-electron chi connectivity index (χ1n) is 10.1. The van der Waals surface area contributed by atoms with Gasteiger partial charge >= 0.3 is 6.09 Å². The lowest BCUT2D eigenvalue weighted by molar-refractivity contribution is 0.0448. The van der Waals surface area contributed by atoms with Crippen LogP contribution in [0, 0.1) is 24.2 Å². The van der Waals surface area contributed by atoms with Gasteiger partial charge in [-0.05, 0) is 38.5 Å². The number of nitrogens with one attached hydrogen (secondary N) is 1. The van der Waals surface area contributed by atoms with Crippen molar-refractivity contribution in [2.45, 2.75) is 87.3 Å². The highest BCUT2D eigenvalue weighted by molar-refractivity contribution is 5.68.